The third-order valence-electron chi connectivity index (χ3n) is 7.77. The summed E-state index contributed by atoms with van der Waals surface area (Å²) in [4.78, 5) is 68.3. The molecule has 6 rings (SSSR count). The minimum atomic E-state index is -0.871. The summed E-state index contributed by atoms with van der Waals surface area (Å²) in [6.45, 7) is 1.68. The number of benzene rings is 3. The van der Waals surface area contributed by atoms with Crippen molar-refractivity contribution in [3.05, 3.63) is 109 Å². The maximum absolute atomic E-state index is 14.0. The number of carbonyl (C=O) groups is 3. The van der Waals surface area contributed by atoms with Gasteiger partial charge in [-0.1, -0.05) is 52.9 Å². The molecule has 0 aliphatic carbocycles. The van der Waals surface area contributed by atoms with E-state index in [0.29, 0.717) is 15.6 Å². The van der Waals surface area contributed by atoms with Gasteiger partial charge in [-0.15, -0.1) is 0 Å². The number of aryl methyl sites for hydroxylation is 1. The van der Waals surface area contributed by atoms with E-state index in [0.717, 1.165) is 44.8 Å². The number of nitrogens with zero attached hydrogens (tertiary/aromatic N) is 4. The summed E-state index contributed by atoms with van der Waals surface area (Å²) in [6, 6.07) is 20.2. The van der Waals surface area contributed by atoms with Gasteiger partial charge in [-0.25, -0.2) is 4.90 Å². The Balaban J connectivity index is 1.40. The fraction of sp³-hybridized carbons (Fsp3) is 0.226. The van der Waals surface area contributed by atoms with Crippen LogP contribution in [-0.2, 0) is 20.9 Å². The quantitative estimate of drug-likeness (QED) is 0.178. The number of anilines is 3. The number of aromatic nitrogens is 1. The molecule has 3 aromatic carbocycles. The smallest absolute Gasteiger partial charge is 0.308 e. The van der Waals surface area contributed by atoms with E-state index in [1.165, 1.54) is 28.8 Å². The van der Waals surface area contributed by atoms with Gasteiger partial charge in [0.15, 0.2) is 0 Å². The van der Waals surface area contributed by atoms with Gasteiger partial charge in [-0.2, -0.15) is 0 Å². The number of rotatable bonds is 7. The topological polar surface area (TPSA) is 135 Å². The van der Waals surface area contributed by atoms with Gasteiger partial charge < -0.3 is 10.2 Å². The second kappa shape index (κ2) is 11.4. The van der Waals surface area contributed by atoms with Crippen LogP contribution in [-0.4, -0.2) is 46.6 Å². The number of amides is 3. The molecule has 0 bridgehead atoms. The molecule has 3 unspecified atom stereocenters. The number of carbonyl (C=O) groups excluding carboxylic acids is 3. The van der Waals surface area contributed by atoms with Gasteiger partial charge in [0.25, 0.3) is 5.69 Å². The molecule has 4 aromatic rings. The molecule has 1 saturated heterocycles. The predicted octanol–water partition coefficient (Wildman–Crippen LogP) is 4.63. The molecule has 2 aliphatic rings. The van der Waals surface area contributed by atoms with Crippen molar-refractivity contribution in [2.75, 3.05) is 29.2 Å². The highest BCUT2D eigenvalue weighted by Crippen LogP contribution is 2.54. The average molecular weight is 630 g/mol. The average Bonchev–Trinajstić information content (AvgIpc) is 3.44. The van der Waals surface area contributed by atoms with E-state index in [1.54, 1.807) is 12.1 Å². The first-order valence-corrected chi connectivity index (χ1v) is 15.4. The first kappa shape index (κ1) is 29.3. The molecule has 44 heavy (non-hydrogen) atoms. The molecule has 3 amide bonds. The number of fused-ring (bicyclic) bond motifs is 2. The molecule has 11 nitrogen and oxygen atoms in total. The van der Waals surface area contributed by atoms with Crippen LogP contribution >= 0.6 is 23.1 Å². The van der Waals surface area contributed by atoms with Crippen molar-refractivity contribution in [3.63, 3.8) is 0 Å². The molecule has 224 valence electrons. The molecule has 0 saturated carbocycles. The fourth-order valence-electron chi connectivity index (χ4n) is 5.55. The third kappa shape index (κ3) is 5.18. The largest absolute Gasteiger partial charge is 0.378 e. The maximum Gasteiger partial charge on any atom is 0.308 e. The minimum absolute atomic E-state index is 0.159. The molecule has 3 heterocycles. The van der Waals surface area contributed by atoms with E-state index in [9.17, 15) is 29.3 Å². The van der Waals surface area contributed by atoms with Gasteiger partial charge >= 0.3 is 4.87 Å². The molecular weight excluding hydrogens is 603 g/mol. The van der Waals surface area contributed by atoms with E-state index in [4.69, 9.17) is 0 Å². The Kier molecular flexibility index (Phi) is 7.59. The van der Waals surface area contributed by atoms with Gasteiger partial charge in [-0.05, 0) is 48.9 Å². The van der Waals surface area contributed by atoms with Gasteiger partial charge in [0.05, 0.1) is 21.6 Å². The molecule has 1 N–H and O–H groups in total. The number of non-ortho nitro benzene ring substituents is 1. The second-order valence-electron chi connectivity index (χ2n) is 10.9. The number of thioether (sulfide) groups is 1. The first-order valence-electron chi connectivity index (χ1n) is 13.7. The van der Waals surface area contributed by atoms with E-state index >= 15 is 0 Å². The van der Waals surface area contributed by atoms with Crippen LogP contribution in [0.4, 0.5) is 22.7 Å². The van der Waals surface area contributed by atoms with Crippen LogP contribution in [0.1, 0.15) is 21.9 Å². The van der Waals surface area contributed by atoms with Crippen molar-refractivity contribution < 1.29 is 19.3 Å². The zero-order valence-corrected chi connectivity index (χ0v) is 25.6. The zero-order chi connectivity index (χ0) is 31.3. The lowest BCUT2D eigenvalue weighted by molar-refractivity contribution is -0.384. The minimum Gasteiger partial charge on any atom is -0.378 e. The molecule has 2 aliphatic heterocycles. The molecule has 1 fully saturated rings. The Morgan fingerprint density at radius 2 is 1.61 bits per heavy atom. The number of thiazole rings is 1. The van der Waals surface area contributed by atoms with Gasteiger partial charge in [-0.3, -0.25) is 33.9 Å². The van der Waals surface area contributed by atoms with Gasteiger partial charge in [0, 0.05) is 48.4 Å². The fourth-order valence-corrected chi connectivity index (χ4v) is 8.33. The summed E-state index contributed by atoms with van der Waals surface area (Å²) in [5.74, 6) is -2.77. The predicted molar refractivity (Wildman–Crippen MR) is 170 cm³/mol. The molecule has 0 spiro atoms. The number of nitro benzene ring substituents is 1. The van der Waals surface area contributed by atoms with Crippen LogP contribution in [0.25, 0.3) is 0 Å². The van der Waals surface area contributed by atoms with E-state index in [1.807, 2.05) is 62.3 Å². The lowest BCUT2D eigenvalue weighted by Gasteiger charge is -2.31. The van der Waals surface area contributed by atoms with E-state index in [2.05, 4.69) is 5.32 Å². The summed E-state index contributed by atoms with van der Waals surface area (Å²) in [7, 11) is 3.82. The standard InChI is InChI=1S/C31H27N5O6S2/c1-17-4-8-19(9-5-17)32-23(37)16-34-30-27(44-31(34)40)24(18-6-10-20(11-7-18)33(2)3)25-26(43-30)29(39)35(28(25)38)21-12-14-22(15-13-21)36(41)42/h4-15,24-26H,16H2,1-3H3,(H,32,37). The third-order valence-corrected chi connectivity index (χ3v) is 10.4. The van der Waals surface area contributed by atoms with Crippen LogP contribution in [0.5, 0.6) is 0 Å². The normalized spacial score (nSPS) is 19.0. The SMILES string of the molecule is Cc1ccc(NC(=O)Cn2c3c(sc2=O)C(c2ccc(N(C)C)cc2)C2C(=O)N(c4ccc([N+](=O)[O-])cc4)C(=O)C2S3)cc1. The summed E-state index contributed by atoms with van der Waals surface area (Å²) in [6.07, 6.45) is 0. The lowest BCUT2D eigenvalue weighted by atomic mass is 9.83. The van der Waals surface area contributed by atoms with Crippen molar-refractivity contribution >= 4 is 63.6 Å². The summed E-state index contributed by atoms with van der Waals surface area (Å²) < 4.78 is 1.37. The summed E-state index contributed by atoms with van der Waals surface area (Å²) in [5.41, 5.74) is 3.42. The molecular formula is C31H27N5O6S2. The summed E-state index contributed by atoms with van der Waals surface area (Å²) in [5, 5.41) is 13.6. The van der Waals surface area contributed by atoms with Crippen LogP contribution in [0, 0.1) is 23.0 Å². The second-order valence-corrected chi connectivity index (χ2v) is 13.0. The maximum atomic E-state index is 14.0. The lowest BCUT2D eigenvalue weighted by Crippen LogP contribution is -2.33. The van der Waals surface area contributed by atoms with Crippen molar-refractivity contribution in [1.29, 1.82) is 0 Å². The van der Waals surface area contributed by atoms with Crippen molar-refractivity contribution in [1.82, 2.24) is 4.57 Å². The highest BCUT2D eigenvalue weighted by molar-refractivity contribution is 8.00. The van der Waals surface area contributed by atoms with Crippen molar-refractivity contribution in [2.45, 2.75) is 29.7 Å². The molecule has 1 aromatic heterocycles. The number of imide groups is 1. The molecule has 0 radical (unpaired) electrons. The van der Waals surface area contributed by atoms with Crippen LogP contribution < -0.4 is 20.0 Å². The highest BCUT2D eigenvalue weighted by atomic mass is 32.2. The number of nitro groups is 1. The zero-order valence-electron chi connectivity index (χ0n) is 23.9. The number of nitrogens with one attached hydrogen (secondary N) is 1. The van der Waals surface area contributed by atoms with Crippen molar-refractivity contribution in [3.8, 4) is 0 Å². The Labute approximate surface area is 260 Å². The Morgan fingerprint density at radius 1 is 0.955 bits per heavy atom. The Morgan fingerprint density at radius 3 is 2.23 bits per heavy atom. The van der Waals surface area contributed by atoms with Crippen molar-refractivity contribution in [2.24, 2.45) is 5.92 Å². The van der Waals surface area contributed by atoms with Crippen LogP contribution in [0.15, 0.2) is 82.6 Å². The number of hydrogen-bond acceptors (Lipinski definition) is 9. The molecule has 13 heteroatoms. The van der Waals surface area contributed by atoms with Crippen LogP contribution in [0.2, 0.25) is 0 Å². The monoisotopic (exact) mass is 629 g/mol. The first-order chi connectivity index (χ1) is 21.0. The van der Waals surface area contributed by atoms with E-state index < -0.39 is 39.7 Å². The highest BCUT2D eigenvalue weighted by Gasteiger charge is 2.56. The van der Waals surface area contributed by atoms with Crippen LogP contribution in [0.3, 0.4) is 0 Å². The number of hydrogen-bond donors (Lipinski definition) is 1. The molecule has 3 atom stereocenters. The van der Waals surface area contributed by atoms with Gasteiger partial charge in [0.2, 0.25) is 17.7 Å². The summed E-state index contributed by atoms with van der Waals surface area (Å²) >= 11 is 2.09. The Bertz CT molecular complexity index is 1850. The Hall–Kier alpha value is -4.75. The van der Waals surface area contributed by atoms with E-state index in [-0.39, 0.29) is 22.8 Å². The van der Waals surface area contributed by atoms with Gasteiger partial charge in [0.1, 0.15) is 11.8 Å².